The molecular weight excluding hydrogens is 344 g/mol. The molecule has 0 fully saturated rings. The van der Waals surface area contributed by atoms with Crippen LogP contribution in [0.15, 0.2) is 24.3 Å². The molecule has 0 aliphatic heterocycles. The first-order valence-corrected chi connectivity index (χ1v) is 16.9. The fraction of sp³-hybridized carbons (Fsp3) is 0.750. The molecule has 0 saturated carbocycles. The van der Waals surface area contributed by atoms with E-state index in [-0.39, 0.29) is 0 Å². The number of hydrogen-bond acceptors (Lipinski definition) is 0. The lowest BCUT2D eigenvalue weighted by Crippen LogP contribution is -2.46. The zero-order valence-electron chi connectivity index (χ0n) is 18.4. The third kappa shape index (κ3) is 10.1. The van der Waals surface area contributed by atoms with E-state index >= 15 is 0 Å². The molecule has 0 heterocycles. The number of rotatable bonds is 16. The van der Waals surface area contributed by atoms with Crippen molar-refractivity contribution in [3.05, 3.63) is 24.3 Å². The second-order valence-electron chi connectivity index (χ2n) is 8.54. The van der Waals surface area contributed by atoms with Crippen LogP contribution in [-0.2, 0) is 0 Å². The van der Waals surface area contributed by atoms with Gasteiger partial charge in [0.15, 0.2) is 0 Å². The molecule has 1 aromatic carbocycles. The lowest BCUT2D eigenvalue weighted by atomic mass is 10.1. The van der Waals surface area contributed by atoms with E-state index in [0.717, 1.165) is 0 Å². The van der Waals surface area contributed by atoms with Crippen LogP contribution in [0, 0.1) is 0 Å². The van der Waals surface area contributed by atoms with Gasteiger partial charge in [0.2, 0.25) is 0 Å². The van der Waals surface area contributed by atoms with Gasteiger partial charge in [-0.2, -0.15) is 0 Å². The third-order valence-corrected chi connectivity index (χ3v) is 12.1. The first-order chi connectivity index (χ1) is 12.7. The third-order valence-electron chi connectivity index (χ3n) is 6.04. The molecule has 0 aromatic heterocycles. The maximum absolute atomic E-state index is 2.61. The Balaban J connectivity index is 2.39. The summed E-state index contributed by atoms with van der Waals surface area (Å²) < 4.78 is 0. The largest absolute Gasteiger partial charge is 0.0680 e. The Bertz CT molecular complexity index is 403. The molecule has 0 saturated heterocycles. The second-order valence-corrected chi connectivity index (χ2v) is 14.5. The van der Waals surface area contributed by atoms with Gasteiger partial charge in [0.1, 0.15) is 0 Å². The van der Waals surface area contributed by atoms with E-state index in [0.29, 0.717) is 0 Å². The van der Waals surface area contributed by atoms with Crippen molar-refractivity contribution in [2.45, 2.75) is 116 Å². The van der Waals surface area contributed by atoms with Gasteiger partial charge in [-0.1, -0.05) is 151 Å². The molecule has 1 aromatic rings. The maximum atomic E-state index is 2.61. The monoisotopic (exact) mass is 390 g/mol. The molecular formula is C24H46Si2. The smallest absolute Gasteiger partial charge is 0.0676 e. The number of benzene rings is 1. The molecule has 0 radical (unpaired) electrons. The molecule has 0 amide bonds. The zero-order valence-corrected chi connectivity index (χ0v) is 20.7. The van der Waals surface area contributed by atoms with Crippen LogP contribution >= 0.6 is 0 Å². The van der Waals surface area contributed by atoms with E-state index in [1.807, 2.05) is 10.4 Å². The van der Waals surface area contributed by atoms with Gasteiger partial charge in [-0.15, -0.1) is 0 Å². The van der Waals surface area contributed by atoms with Crippen LogP contribution in [0.25, 0.3) is 0 Å². The van der Waals surface area contributed by atoms with Crippen molar-refractivity contribution in [1.82, 2.24) is 0 Å². The molecule has 0 aliphatic carbocycles. The van der Waals surface area contributed by atoms with Crippen LogP contribution in [0.1, 0.15) is 90.9 Å². The van der Waals surface area contributed by atoms with Crippen molar-refractivity contribution in [2.24, 2.45) is 0 Å². The normalized spacial score (nSPS) is 13.7. The van der Waals surface area contributed by atoms with E-state index in [2.05, 4.69) is 51.2 Å². The van der Waals surface area contributed by atoms with Gasteiger partial charge in [-0.05, 0) is 0 Å². The summed E-state index contributed by atoms with van der Waals surface area (Å²) in [5.41, 5.74) is 0. The Morgan fingerprint density at radius 2 is 0.885 bits per heavy atom. The van der Waals surface area contributed by atoms with E-state index in [4.69, 9.17) is 0 Å². The molecule has 2 atom stereocenters. The van der Waals surface area contributed by atoms with Crippen molar-refractivity contribution < 1.29 is 0 Å². The minimum absolute atomic E-state index is 0.737. The molecule has 0 bridgehead atoms. The molecule has 0 spiro atoms. The molecule has 0 aliphatic rings. The summed E-state index contributed by atoms with van der Waals surface area (Å²) in [4.78, 5) is 0. The molecule has 2 unspecified atom stereocenters. The first kappa shape index (κ1) is 23.7. The Hall–Kier alpha value is -0.346. The molecule has 1 rings (SSSR count). The highest BCUT2D eigenvalue weighted by Gasteiger charge is 2.16. The molecule has 150 valence electrons. The van der Waals surface area contributed by atoms with Crippen LogP contribution in [0.3, 0.4) is 0 Å². The fourth-order valence-electron chi connectivity index (χ4n) is 4.18. The van der Waals surface area contributed by atoms with Crippen molar-refractivity contribution in [2.75, 3.05) is 0 Å². The van der Waals surface area contributed by atoms with Crippen molar-refractivity contribution in [3.8, 4) is 0 Å². The predicted molar refractivity (Wildman–Crippen MR) is 128 cm³/mol. The Labute approximate surface area is 168 Å². The average Bonchev–Trinajstić information content (AvgIpc) is 2.67. The summed E-state index contributed by atoms with van der Waals surface area (Å²) in [6.07, 6.45) is 17.3. The van der Waals surface area contributed by atoms with Crippen LogP contribution in [0.5, 0.6) is 0 Å². The molecule has 0 nitrogen and oxygen atoms in total. The second kappa shape index (κ2) is 15.7. The number of hydrogen-bond donors (Lipinski definition) is 0. The Morgan fingerprint density at radius 1 is 0.538 bits per heavy atom. The summed E-state index contributed by atoms with van der Waals surface area (Å²) in [5, 5.41) is 3.65. The number of unbranched alkanes of at least 4 members (excludes halogenated alkanes) is 10. The van der Waals surface area contributed by atoms with Crippen molar-refractivity contribution >= 4 is 28.0 Å². The lowest BCUT2D eigenvalue weighted by Gasteiger charge is -2.19. The minimum atomic E-state index is -0.737. The fourth-order valence-corrected chi connectivity index (χ4v) is 10.5. The quantitative estimate of drug-likeness (QED) is 0.222. The summed E-state index contributed by atoms with van der Waals surface area (Å²) in [6, 6.07) is 12.6. The van der Waals surface area contributed by atoms with Crippen molar-refractivity contribution in [3.63, 3.8) is 0 Å². The highest BCUT2D eigenvalue weighted by atomic mass is 28.3. The summed E-state index contributed by atoms with van der Waals surface area (Å²) in [6.45, 7) is 9.83. The van der Waals surface area contributed by atoms with E-state index in [9.17, 15) is 0 Å². The van der Waals surface area contributed by atoms with Crippen LogP contribution in [0.4, 0.5) is 0 Å². The highest BCUT2D eigenvalue weighted by Crippen LogP contribution is 2.11. The molecule has 0 N–H and O–H groups in total. The highest BCUT2D eigenvalue weighted by molar-refractivity contribution is 6.83. The molecule has 26 heavy (non-hydrogen) atoms. The van der Waals surface area contributed by atoms with Gasteiger partial charge in [-0.3, -0.25) is 0 Å². The maximum Gasteiger partial charge on any atom is 0.0676 e. The zero-order chi connectivity index (χ0) is 19.0. The van der Waals surface area contributed by atoms with Crippen LogP contribution < -0.4 is 10.4 Å². The molecule has 2 heteroatoms. The van der Waals surface area contributed by atoms with E-state index in [1.54, 1.807) is 0 Å². The first-order valence-electron chi connectivity index (χ1n) is 11.8. The van der Waals surface area contributed by atoms with Gasteiger partial charge < -0.3 is 0 Å². The van der Waals surface area contributed by atoms with Crippen LogP contribution in [0.2, 0.25) is 25.2 Å². The summed E-state index contributed by atoms with van der Waals surface area (Å²) in [7, 11) is -1.47. The average molecular weight is 391 g/mol. The van der Waals surface area contributed by atoms with Crippen LogP contribution in [-0.4, -0.2) is 17.6 Å². The minimum Gasteiger partial charge on any atom is -0.0680 e. The van der Waals surface area contributed by atoms with E-state index in [1.165, 1.54) is 89.1 Å². The summed E-state index contributed by atoms with van der Waals surface area (Å²) >= 11 is 0. The SMILES string of the molecule is CCCCCCCC[SiH](C)c1ccccc1[SiH](C)CCCCCCCC. The Kier molecular flexibility index (Phi) is 14.3. The van der Waals surface area contributed by atoms with E-state index < -0.39 is 17.6 Å². The summed E-state index contributed by atoms with van der Waals surface area (Å²) in [5.74, 6) is 0. The van der Waals surface area contributed by atoms with Gasteiger partial charge in [-0.25, -0.2) is 0 Å². The van der Waals surface area contributed by atoms with Gasteiger partial charge in [0.05, 0.1) is 17.6 Å². The van der Waals surface area contributed by atoms with Gasteiger partial charge in [0.25, 0.3) is 0 Å². The standard InChI is InChI=1S/C24H46Si2/c1-5-7-9-11-13-17-21-25(3)23-19-15-16-20-24(23)26(4)22-18-14-12-10-8-6-2/h15-16,19-20,25-26H,5-14,17-18,21-22H2,1-4H3. The van der Waals surface area contributed by atoms with Gasteiger partial charge >= 0.3 is 0 Å². The predicted octanol–water partition coefficient (Wildman–Crippen LogP) is 6.54. The topological polar surface area (TPSA) is 0 Å². The lowest BCUT2D eigenvalue weighted by molar-refractivity contribution is 0.623. The van der Waals surface area contributed by atoms with Gasteiger partial charge in [0, 0.05) is 0 Å². The van der Waals surface area contributed by atoms with Crippen molar-refractivity contribution in [1.29, 1.82) is 0 Å². The Morgan fingerprint density at radius 3 is 1.27 bits per heavy atom.